The number of nitrogens with zero attached hydrogens (tertiary/aromatic N) is 2. The average Bonchev–Trinajstić information content (AvgIpc) is 2.99. The fourth-order valence-electron chi connectivity index (χ4n) is 5.21. The monoisotopic (exact) mass is 591 g/mol. The Morgan fingerprint density at radius 3 is 2.41 bits per heavy atom. The van der Waals surface area contributed by atoms with E-state index in [1.54, 1.807) is 91.1 Å². The number of fused-ring (bicyclic) bond motifs is 1. The van der Waals surface area contributed by atoms with Gasteiger partial charge in [0.2, 0.25) is 0 Å². The van der Waals surface area contributed by atoms with Gasteiger partial charge in [-0.1, -0.05) is 83.9 Å². The molecule has 0 aliphatic carbocycles. The number of aromatic nitrogens is 1. The summed E-state index contributed by atoms with van der Waals surface area (Å²) in [4.78, 5) is 39.1. The van der Waals surface area contributed by atoms with Crippen LogP contribution in [0, 0.1) is 0 Å². The van der Waals surface area contributed by atoms with Gasteiger partial charge in [0.15, 0.2) is 0 Å². The molecule has 0 spiro atoms. The lowest BCUT2D eigenvalue weighted by Crippen LogP contribution is -2.54. The summed E-state index contributed by atoms with van der Waals surface area (Å²) >= 11 is 12.9. The van der Waals surface area contributed by atoms with Gasteiger partial charge in [-0.25, -0.2) is 5.48 Å². The Labute approximate surface area is 247 Å². The number of carbonyl (C=O) groups excluding carboxylic acids is 2. The van der Waals surface area contributed by atoms with Crippen LogP contribution in [0.4, 0.5) is 0 Å². The molecule has 210 valence electrons. The van der Waals surface area contributed by atoms with E-state index in [0.29, 0.717) is 27.4 Å². The number of rotatable bonds is 9. The number of hydrogen-bond acceptors (Lipinski definition) is 6. The smallest absolute Gasteiger partial charge is 0.255 e. The Kier molecular flexibility index (Phi) is 8.97. The molecular weight excluding hydrogens is 565 g/mol. The third-order valence-electron chi connectivity index (χ3n) is 7.11. The van der Waals surface area contributed by atoms with Crippen molar-refractivity contribution in [2.45, 2.75) is 30.7 Å². The quantitative estimate of drug-likeness (QED) is 0.236. The van der Waals surface area contributed by atoms with Gasteiger partial charge in [0.1, 0.15) is 12.7 Å². The predicted molar refractivity (Wildman–Crippen MR) is 154 cm³/mol. The van der Waals surface area contributed by atoms with Gasteiger partial charge in [0.25, 0.3) is 11.8 Å². The summed E-state index contributed by atoms with van der Waals surface area (Å²) in [5.41, 5.74) is 4.76. The number of aliphatic hydroxyl groups excluding tert-OH is 2. The first-order valence-corrected chi connectivity index (χ1v) is 13.7. The van der Waals surface area contributed by atoms with Crippen molar-refractivity contribution in [1.82, 2.24) is 15.4 Å². The van der Waals surface area contributed by atoms with Gasteiger partial charge in [-0.05, 0) is 47.0 Å². The minimum absolute atomic E-state index is 0.0158. The number of halogens is 2. The molecule has 0 radical (unpaired) electrons. The zero-order valence-corrected chi connectivity index (χ0v) is 23.2. The molecule has 2 amide bonds. The van der Waals surface area contributed by atoms with Gasteiger partial charge < -0.3 is 15.1 Å². The molecule has 0 bridgehead atoms. The molecule has 5 rings (SSSR count). The Morgan fingerprint density at radius 2 is 1.71 bits per heavy atom. The lowest BCUT2D eigenvalue weighted by molar-refractivity contribution is -0.138. The summed E-state index contributed by atoms with van der Waals surface area (Å²) in [5.74, 6) is -2.04. The summed E-state index contributed by atoms with van der Waals surface area (Å²) in [6.07, 6.45) is 0.348. The van der Waals surface area contributed by atoms with Gasteiger partial charge in [-0.15, -0.1) is 0 Å². The molecule has 4 atom stereocenters. The van der Waals surface area contributed by atoms with Crippen molar-refractivity contribution in [2.24, 2.45) is 0 Å². The van der Waals surface area contributed by atoms with E-state index in [4.69, 9.17) is 28.0 Å². The van der Waals surface area contributed by atoms with Crippen molar-refractivity contribution < 1.29 is 24.6 Å². The summed E-state index contributed by atoms with van der Waals surface area (Å²) in [6.45, 7) is -0.571. The topological polar surface area (TPSA) is 112 Å². The van der Waals surface area contributed by atoms with E-state index in [1.165, 1.54) is 11.0 Å². The molecule has 0 saturated carbocycles. The standard InChI is InChI=1S/C31H27Cl2N3O5/c32-20-13-14-24(25(33)16-20)28-27(30(39)35-41-18-21-10-6-7-15-34-21)22-11-4-5-12-23(22)31(40)36(28)26(17-37)29(38)19-8-2-1-3-9-19/h1-16,26-29,37-38H,17-18H2,(H,35,39)/t26-,27-,28+,29-/m1/s1. The first kappa shape index (κ1) is 28.7. The zero-order chi connectivity index (χ0) is 28.9. The fourth-order valence-corrected chi connectivity index (χ4v) is 5.73. The van der Waals surface area contributed by atoms with Crippen LogP contribution in [0.1, 0.15) is 50.8 Å². The molecule has 1 aliphatic heterocycles. The molecule has 1 aliphatic rings. The van der Waals surface area contributed by atoms with Gasteiger partial charge in [0.05, 0.1) is 30.3 Å². The second-order valence-corrected chi connectivity index (χ2v) is 10.4. The number of carbonyl (C=O) groups is 2. The minimum atomic E-state index is -1.27. The molecule has 41 heavy (non-hydrogen) atoms. The number of nitrogens with one attached hydrogen (secondary N) is 1. The Balaban J connectivity index is 1.61. The van der Waals surface area contributed by atoms with Crippen LogP contribution >= 0.6 is 23.2 Å². The van der Waals surface area contributed by atoms with E-state index < -0.39 is 42.5 Å². The number of hydroxylamine groups is 1. The van der Waals surface area contributed by atoms with Gasteiger partial charge >= 0.3 is 0 Å². The van der Waals surface area contributed by atoms with Gasteiger partial charge in [0, 0.05) is 21.8 Å². The highest BCUT2D eigenvalue weighted by atomic mass is 35.5. The largest absolute Gasteiger partial charge is 0.394 e. The van der Waals surface area contributed by atoms with Crippen molar-refractivity contribution in [1.29, 1.82) is 0 Å². The second kappa shape index (κ2) is 12.8. The molecule has 8 nitrogen and oxygen atoms in total. The highest BCUT2D eigenvalue weighted by Crippen LogP contribution is 2.47. The molecule has 3 N–H and O–H groups in total. The summed E-state index contributed by atoms with van der Waals surface area (Å²) in [6, 6.07) is 23.4. The van der Waals surface area contributed by atoms with E-state index in [2.05, 4.69) is 10.5 Å². The highest BCUT2D eigenvalue weighted by molar-refractivity contribution is 6.35. The second-order valence-electron chi connectivity index (χ2n) is 9.57. The van der Waals surface area contributed by atoms with Crippen molar-refractivity contribution in [3.05, 3.63) is 135 Å². The van der Waals surface area contributed by atoms with E-state index >= 15 is 0 Å². The van der Waals surface area contributed by atoms with Crippen LogP contribution in [0.2, 0.25) is 10.0 Å². The molecule has 0 fully saturated rings. The zero-order valence-electron chi connectivity index (χ0n) is 21.7. The van der Waals surface area contributed by atoms with Crippen molar-refractivity contribution in [3.8, 4) is 0 Å². The first-order valence-electron chi connectivity index (χ1n) is 12.9. The van der Waals surface area contributed by atoms with Crippen molar-refractivity contribution >= 4 is 35.0 Å². The first-order chi connectivity index (χ1) is 19.9. The minimum Gasteiger partial charge on any atom is -0.394 e. The normalized spacial score (nSPS) is 18.0. The molecule has 3 aromatic carbocycles. The van der Waals surface area contributed by atoms with Crippen LogP contribution < -0.4 is 5.48 Å². The molecule has 10 heteroatoms. The number of amides is 2. The Bertz CT molecular complexity index is 1520. The maximum atomic E-state index is 14.1. The van der Waals surface area contributed by atoms with E-state index in [9.17, 15) is 19.8 Å². The molecule has 4 aromatic rings. The number of benzene rings is 3. The van der Waals surface area contributed by atoms with Crippen LogP contribution in [0.3, 0.4) is 0 Å². The molecule has 0 saturated heterocycles. The predicted octanol–water partition coefficient (Wildman–Crippen LogP) is 5.01. The summed E-state index contributed by atoms with van der Waals surface area (Å²) < 4.78 is 0. The maximum Gasteiger partial charge on any atom is 0.255 e. The fraction of sp³-hybridized carbons (Fsp3) is 0.194. The lowest BCUT2D eigenvalue weighted by Gasteiger charge is -2.46. The van der Waals surface area contributed by atoms with E-state index in [1.807, 2.05) is 0 Å². The van der Waals surface area contributed by atoms with Crippen molar-refractivity contribution in [3.63, 3.8) is 0 Å². The van der Waals surface area contributed by atoms with E-state index in [0.717, 1.165) is 0 Å². The van der Waals surface area contributed by atoms with Gasteiger partial charge in [-0.3, -0.25) is 19.4 Å². The van der Waals surface area contributed by atoms with Crippen LogP contribution in [0.25, 0.3) is 0 Å². The van der Waals surface area contributed by atoms with E-state index in [-0.39, 0.29) is 17.2 Å². The molecular formula is C31H27Cl2N3O5. The van der Waals surface area contributed by atoms with Gasteiger partial charge in [-0.2, -0.15) is 0 Å². The third kappa shape index (κ3) is 5.98. The Hall–Kier alpha value is -3.79. The molecule has 0 unspecified atom stereocenters. The maximum absolute atomic E-state index is 14.1. The van der Waals surface area contributed by atoms with Crippen LogP contribution in [0.15, 0.2) is 97.2 Å². The summed E-state index contributed by atoms with van der Waals surface area (Å²) in [7, 11) is 0. The third-order valence-corrected chi connectivity index (χ3v) is 7.67. The molecule has 1 aromatic heterocycles. The highest BCUT2D eigenvalue weighted by Gasteiger charge is 2.48. The lowest BCUT2D eigenvalue weighted by atomic mass is 9.78. The Morgan fingerprint density at radius 1 is 0.976 bits per heavy atom. The van der Waals surface area contributed by atoms with Crippen LogP contribution in [0.5, 0.6) is 0 Å². The number of aliphatic hydroxyl groups is 2. The average molecular weight is 592 g/mol. The number of hydrogen-bond donors (Lipinski definition) is 3. The van der Waals surface area contributed by atoms with Crippen LogP contribution in [-0.4, -0.2) is 44.6 Å². The molecule has 2 heterocycles. The number of pyridine rings is 1. The summed E-state index contributed by atoms with van der Waals surface area (Å²) in [5, 5.41) is 22.6. The van der Waals surface area contributed by atoms with Crippen molar-refractivity contribution in [2.75, 3.05) is 6.61 Å². The SMILES string of the molecule is O=C(NOCc1ccccn1)[C@@H]1c2ccccc2C(=O)N([C@H](CO)[C@H](O)c2ccccc2)[C@H]1c1ccc(Cl)cc1Cl. The van der Waals surface area contributed by atoms with Crippen LogP contribution in [-0.2, 0) is 16.2 Å².